The molecule has 3 atom stereocenters. The van der Waals surface area contributed by atoms with Gasteiger partial charge in [0.05, 0.1) is 11.7 Å². The van der Waals surface area contributed by atoms with Crippen molar-refractivity contribution in [1.82, 2.24) is 0 Å². The largest absolute Gasteiger partial charge is 0.449 e. The Hall–Kier alpha value is -1.72. The van der Waals surface area contributed by atoms with Crippen LogP contribution in [-0.2, 0) is 14.2 Å². The fraction of sp³-hybridized carbons (Fsp3) is 0.591. The Morgan fingerprint density at radius 1 is 1.26 bits per heavy atom. The summed E-state index contributed by atoms with van der Waals surface area (Å²) in [4.78, 5) is 12.6. The summed E-state index contributed by atoms with van der Waals surface area (Å²) in [5.74, 6) is -1.61. The molecular formula is C22H31FO4. The van der Waals surface area contributed by atoms with Crippen LogP contribution in [0.4, 0.5) is 4.39 Å². The number of allylic oxidation sites excluding steroid dienone is 1. The molecule has 1 saturated heterocycles. The van der Waals surface area contributed by atoms with Gasteiger partial charge in [-0.3, -0.25) is 0 Å². The highest BCUT2D eigenvalue weighted by Crippen LogP contribution is 2.36. The summed E-state index contributed by atoms with van der Waals surface area (Å²) in [6.45, 7) is 9.63. The molecule has 1 fully saturated rings. The van der Waals surface area contributed by atoms with Crippen LogP contribution in [0, 0.1) is 5.92 Å². The molecule has 0 aromatic heterocycles. The second-order valence-corrected chi connectivity index (χ2v) is 7.84. The van der Waals surface area contributed by atoms with Crippen LogP contribution in [0.25, 0.3) is 0 Å². The van der Waals surface area contributed by atoms with Gasteiger partial charge in [0.25, 0.3) is 0 Å². The lowest BCUT2D eigenvalue weighted by Gasteiger charge is -2.26. The third-order valence-corrected chi connectivity index (χ3v) is 4.39. The summed E-state index contributed by atoms with van der Waals surface area (Å²) in [6, 6.07) is 8.60. The number of hydrogen-bond donors (Lipinski definition) is 0. The Balaban J connectivity index is 2.28. The summed E-state index contributed by atoms with van der Waals surface area (Å²) in [6.07, 6.45) is 1.45. The lowest BCUT2D eigenvalue weighted by molar-refractivity contribution is -0.154. The molecule has 1 aliphatic heterocycles. The van der Waals surface area contributed by atoms with Gasteiger partial charge in [0.1, 0.15) is 11.9 Å². The first-order chi connectivity index (χ1) is 12.7. The van der Waals surface area contributed by atoms with E-state index >= 15 is 4.39 Å². The van der Waals surface area contributed by atoms with E-state index in [2.05, 4.69) is 0 Å². The van der Waals surface area contributed by atoms with Gasteiger partial charge in [0.15, 0.2) is 11.9 Å². The average Bonchev–Trinajstić information content (AvgIpc) is 2.92. The van der Waals surface area contributed by atoms with Crippen LogP contribution in [0.3, 0.4) is 0 Å². The Morgan fingerprint density at radius 3 is 2.52 bits per heavy atom. The van der Waals surface area contributed by atoms with Gasteiger partial charge in [-0.1, -0.05) is 45.4 Å². The first kappa shape index (κ1) is 21.6. The summed E-state index contributed by atoms with van der Waals surface area (Å²) < 4.78 is 32.6. The molecule has 1 aliphatic rings. The van der Waals surface area contributed by atoms with Gasteiger partial charge in [0, 0.05) is 0 Å². The summed E-state index contributed by atoms with van der Waals surface area (Å²) in [5.41, 5.74) is 0.379. The van der Waals surface area contributed by atoms with E-state index in [1.807, 2.05) is 26.8 Å². The number of carbonyl (C=O) groups excluding carboxylic acids is 1. The summed E-state index contributed by atoms with van der Waals surface area (Å²) in [7, 11) is 0. The zero-order chi connectivity index (χ0) is 20.0. The van der Waals surface area contributed by atoms with Crippen molar-refractivity contribution in [3.8, 4) is 0 Å². The molecule has 27 heavy (non-hydrogen) atoms. The van der Waals surface area contributed by atoms with Crippen LogP contribution in [0.15, 0.2) is 42.2 Å². The molecule has 0 bridgehead atoms. The van der Waals surface area contributed by atoms with Crippen LogP contribution < -0.4 is 0 Å². The predicted octanol–water partition coefficient (Wildman–Crippen LogP) is 5.43. The van der Waals surface area contributed by atoms with E-state index < -0.39 is 29.8 Å². The van der Waals surface area contributed by atoms with Crippen molar-refractivity contribution in [2.45, 2.75) is 78.0 Å². The first-order valence-corrected chi connectivity index (χ1v) is 9.70. The van der Waals surface area contributed by atoms with Crippen molar-refractivity contribution in [1.29, 1.82) is 0 Å². The number of esters is 1. The maximum absolute atomic E-state index is 15.1. The van der Waals surface area contributed by atoms with Gasteiger partial charge in [-0.25, -0.2) is 9.18 Å². The fourth-order valence-corrected chi connectivity index (χ4v) is 3.13. The number of rotatable bonds is 8. The molecule has 1 unspecified atom stereocenters. The number of ether oxygens (including phenoxy) is 3. The molecule has 0 spiro atoms. The molecule has 150 valence electrons. The maximum Gasteiger partial charge on any atom is 0.338 e. The number of hydrogen-bond acceptors (Lipinski definition) is 4. The van der Waals surface area contributed by atoms with Crippen molar-refractivity contribution < 1.29 is 23.4 Å². The molecule has 0 N–H and O–H groups in total. The second kappa shape index (κ2) is 9.47. The van der Waals surface area contributed by atoms with Gasteiger partial charge in [-0.15, -0.1) is 0 Å². The Bertz CT molecular complexity index is 639. The van der Waals surface area contributed by atoms with Gasteiger partial charge in [0.2, 0.25) is 0 Å². The third-order valence-electron chi connectivity index (χ3n) is 4.39. The molecule has 0 saturated carbocycles. The highest BCUT2D eigenvalue weighted by molar-refractivity contribution is 5.89. The van der Waals surface area contributed by atoms with Gasteiger partial charge >= 0.3 is 5.97 Å². The van der Waals surface area contributed by atoms with Crippen LogP contribution >= 0.6 is 0 Å². The topological polar surface area (TPSA) is 44.8 Å². The number of benzene rings is 1. The molecule has 0 aliphatic carbocycles. The third kappa shape index (κ3) is 6.15. The van der Waals surface area contributed by atoms with Crippen LogP contribution in [0.1, 0.15) is 64.2 Å². The van der Waals surface area contributed by atoms with Gasteiger partial charge in [-0.2, -0.15) is 0 Å². The van der Waals surface area contributed by atoms with Crippen LogP contribution in [0.2, 0.25) is 0 Å². The minimum absolute atomic E-state index is 0.296. The molecule has 0 amide bonds. The smallest absolute Gasteiger partial charge is 0.338 e. The molecule has 1 aromatic carbocycles. The highest BCUT2D eigenvalue weighted by atomic mass is 19.1. The zero-order valence-electron chi connectivity index (χ0n) is 16.9. The molecule has 2 rings (SSSR count). The summed E-state index contributed by atoms with van der Waals surface area (Å²) in [5, 5.41) is 0. The first-order valence-electron chi connectivity index (χ1n) is 9.70. The van der Waals surface area contributed by atoms with E-state index in [0.29, 0.717) is 24.3 Å². The number of carbonyl (C=O) groups is 1. The van der Waals surface area contributed by atoms with E-state index in [4.69, 9.17) is 14.2 Å². The van der Waals surface area contributed by atoms with Crippen LogP contribution in [-0.4, -0.2) is 30.1 Å². The van der Waals surface area contributed by atoms with E-state index in [0.717, 1.165) is 6.42 Å². The SMILES string of the molecule is CCC[C@@H]1OC(C)(C)O[C@@H]1C(OC(=O)c1ccccc1)/C(F)=C\CC(C)C. The quantitative estimate of drug-likeness (QED) is 0.566. The molecule has 0 radical (unpaired) electrons. The van der Waals surface area contributed by atoms with E-state index in [9.17, 15) is 4.79 Å². The van der Waals surface area contributed by atoms with Crippen molar-refractivity contribution in [3.05, 3.63) is 47.8 Å². The van der Waals surface area contributed by atoms with Crippen molar-refractivity contribution in [3.63, 3.8) is 0 Å². The zero-order valence-corrected chi connectivity index (χ0v) is 16.9. The second-order valence-electron chi connectivity index (χ2n) is 7.84. The van der Waals surface area contributed by atoms with Crippen molar-refractivity contribution in [2.75, 3.05) is 0 Å². The predicted molar refractivity (Wildman–Crippen MR) is 103 cm³/mol. The maximum atomic E-state index is 15.1. The Kier molecular flexibility index (Phi) is 7.57. The molecular weight excluding hydrogens is 347 g/mol. The van der Waals surface area contributed by atoms with Crippen LogP contribution in [0.5, 0.6) is 0 Å². The Labute approximate surface area is 161 Å². The normalized spacial score (nSPS) is 23.4. The minimum atomic E-state index is -1.13. The standard InChI is InChI=1S/C22H31FO4/c1-6-10-18-20(27-22(4,5)26-18)19(17(23)14-13-15(2)3)25-21(24)16-11-8-7-9-12-16/h7-9,11-12,14-15,18-20H,6,10,13H2,1-5H3/b17-14+/t18-,19?,20-/m0/s1. The Morgan fingerprint density at radius 2 is 1.93 bits per heavy atom. The van der Waals surface area contributed by atoms with Gasteiger partial charge < -0.3 is 14.2 Å². The van der Waals surface area contributed by atoms with Crippen molar-refractivity contribution >= 4 is 5.97 Å². The highest BCUT2D eigenvalue weighted by Gasteiger charge is 2.47. The van der Waals surface area contributed by atoms with E-state index in [1.54, 1.807) is 38.1 Å². The van der Waals surface area contributed by atoms with Crippen molar-refractivity contribution in [2.24, 2.45) is 5.92 Å². The van der Waals surface area contributed by atoms with E-state index in [-0.39, 0.29) is 6.10 Å². The number of halogens is 1. The molecule has 1 aromatic rings. The fourth-order valence-electron chi connectivity index (χ4n) is 3.13. The van der Waals surface area contributed by atoms with E-state index in [1.165, 1.54) is 6.08 Å². The minimum Gasteiger partial charge on any atom is -0.449 e. The lowest BCUT2D eigenvalue weighted by atomic mass is 10.0. The molecule has 4 nitrogen and oxygen atoms in total. The summed E-state index contributed by atoms with van der Waals surface area (Å²) >= 11 is 0. The molecule has 5 heteroatoms. The molecule has 1 heterocycles. The van der Waals surface area contributed by atoms with Gasteiger partial charge in [-0.05, 0) is 50.8 Å². The lowest BCUT2D eigenvalue weighted by Crippen LogP contribution is -2.39. The monoisotopic (exact) mass is 378 g/mol. The average molecular weight is 378 g/mol.